The topological polar surface area (TPSA) is 0 Å². The van der Waals surface area contributed by atoms with Crippen LogP contribution >= 0.6 is 0 Å². The highest BCUT2D eigenvalue weighted by atomic mass is 19.4. The van der Waals surface area contributed by atoms with Gasteiger partial charge in [-0.3, -0.25) is 0 Å². The van der Waals surface area contributed by atoms with Crippen molar-refractivity contribution in [2.45, 2.75) is 160 Å². The van der Waals surface area contributed by atoms with Crippen molar-refractivity contribution in [1.29, 1.82) is 0 Å². The summed E-state index contributed by atoms with van der Waals surface area (Å²) in [5.41, 5.74) is -1.27. The van der Waals surface area contributed by atoms with Crippen molar-refractivity contribution >= 4 is 0 Å². The quantitative estimate of drug-likeness (QED) is 0.166. The number of unbranched alkanes of at least 4 members (excludes halogenated alkanes) is 7. The molecule has 0 spiro atoms. The van der Waals surface area contributed by atoms with E-state index < -0.39 is 28.8 Å². The summed E-state index contributed by atoms with van der Waals surface area (Å²) in [6.07, 6.45) is 21.0. The lowest BCUT2D eigenvalue weighted by molar-refractivity contribution is -0.142. The molecular formula is C32H49F5. The summed E-state index contributed by atoms with van der Waals surface area (Å²) in [5.74, 6) is -2.94. The fraction of sp³-hybridized carbons (Fsp3) is 0.812. The second kappa shape index (κ2) is 14.3. The van der Waals surface area contributed by atoms with Crippen LogP contribution in [-0.2, 0) is 11.6 Å². The van der Waals surface area contributed by atoms with Crippen molar-refractivity contribution in [3.63, 3.8) is 0 Å². The van der Waals surface area contributed by atoms with Crippen molar-refractivity contribution < 1.29 is 22.0 Å². The standard InChI is InChI=1S/C32H49F5/c1-2-3-4-5-6-7-10-17-30(18-11-8-12-19-30)20-15-16-23-31(21-13-9-14-22-31)26-24-27(33)29(28(34)25-26)32(35,36)37/h24-25H,2-23H2,1H3. The number of hydrogen-bond donors (Lipinski definition) is 0. The zero-order valence-corrected chi connectivity index (χ0v) is 23.1. The van der Waals surface area contributed by atoms with Gasteiger partial charge in [-0.25, -0.2) is 8.78 Å². The summed E-state index contributed by atoms with van der Waals surface area (Å²) >= 11 is 0. The molecule has 0 heterocycles. The molecule has 3 rings (SSSR count). The molecule has 2 aliphatic rings. The molecule has 37 heavy (non-hydrogen) atoms. The predicted octanol–water partition coefficient (Wildman–Crippen LogP) is 11.8. The molecule has 1 aromatic carbocycles. The smallest absolute Gasteiger partial charge is 0.206 e. The van der Waals surface area contributed by atoms with Crippen molar-refractivity contribution in [1.82, 2.24) is 0 Å². The first-order chi connectivity index (χ1) is 17.7. The molecule has 2 aliphatic carbocycles. The van der Waals surface area contributed by atoms with Crippen LogP contribution in [0.4, 0.5) is 22.0 Å². The highest BCUT2D eigenvalue weighted by molar-refractivity contribution is 5.34. The first-order valence-corrected chi connectivity index (χ1v) is 15.3. The minimum atomic E-state index is -5.02. The molecule has 0 unspecified atom stereocenters. The van der Waals surface area contributed by atoms with Gasteiger partial charge in [0.1, 0.15) is 17.2 Å². The Kier molecular flexibility index (Phi) is 11.8. The molecule has 0 atom stereocenters. The second-order valence-corrected chi connectivity index (χ2v) is 12.3. The van der Waals surface area contributed by atoms with Crippen LogP contribution in [0.3, 0.4) is 0 Å². The Bertz CT molecular complexity index is 777. The highest BCUT2D eigenvalue weighted by Crippen LogP contribution is 2.48. The van der Waals surface area contributed by atoms with E-state index in [2.05, 4.69) is 6.92 Å². The molecule has 0 N–H and O–H groups in total. The molecule has 0 radical (unpaired) electrons. The van der Waals surface area contributed by atoms with E-state index in [1.54, 1.807) is 0 Å². The molecule has 0 saturated heterocycles. The molecule has 5 heteroatoms. The Morgan fingerprint density at radius 2 is 1.08 bits per heavy atom. The number of alkyl halides is 3. The van der Waals surface area contributed by atoms with Crippen molar-refractivity contribution in [3.05, 3.63) is 34.9 Å². The summed E-state index contributed by atoms with van der Waals surface area (Å²) in [6, 6.07) is 1.97. The van der Waals surface area contributed by atoms with E-state index >= 15 is 0 Å². The number of hydrogen-bond acceptors (Lipinski definition) is 0. The molecule has 0 aromatic heterocycles. The van der Waals surface area contributed by atoms with Gasteiger partial charge in [-0.05, 0) is 73.5 Å². The zero-order valence-electron chi connectivity index (χ0n) is 23.1. The summed E-state index contributed by atoms with van der Waals surface area (Å²) in [5, 5.41) is 0. The summed E-state index contributed by atoms with van der Waals surface area (Å²) in [7, 11) is 0. The van der Waals surface area contributed by atoms with Gasteiger partial charge >= 0.3 is 6.18 Å². The van der Waals surface area contributed by atoms with E-state index in [0.717, 1.165) is 63.5 Å². The van der Waals surface area contributed by atoms with Crippen LogP contribution in [0.25, 0.3) is 0 Å². The Balaban J connectivity index is 1.59. The first-order valence-electron chi connectivity index (χ1n) is 15.3. The molecule has 0 aliphatic heterocycles. The zero-order chi connectivity index (χ0) is 26.8. The Hall–Kier alpha value is -1.13. The van der Waals surface area contributed by atoms with E-state index in [1.807, 2.05) is 0 Å². The van der Waals surface area contributed by atoms with Crippen LogP contribution in [0.1, 0.15) is 159 Å². The monoisotopic (exact) mass is 528 g/mol. The van der Waals surface area contributed by atoms with E-state index in [9.17, 15) is 22.0 Å². The maximum Gasteiger partial charge on any atom is 0.422 e. The normalized spacial score (nSPS) is 19.7. The van der Waals surface area contributed by atoms with Crippen LogP contribution in [0.15, 0.2) is 12.1 Å². The molecule has 2 saturated carbocycles. The van der Waals surface area contributed by atoms with E-state index in [0.29, 0.717) is 11.0 Å². The van der Waals surface area contributed by atoms with Gasteiger partial charge < -0.3 is 0 Å². The molecule has 2 fully saturated rings. The van der Waals surface area contributed by atoms with Gasteiger partial charge in [0.05, 0.1) is 0 Å². The van der Waals surface area contributed by atoms with Crippen LogP contribution in [-0.4, -0.2) is 0 Å². The molecule has 0 nitrogen and oxygen atoms in total. The number of halogens is 5. The molecule has 0 bridgehead atoms. The average molecular weight is 529 g/mol. The van der Waals surface area contributed by atoms with Crippen LogP contribution in [0.2, 0.25) is 0 Å². The minimum Gasteiger partial charge on any atom is -0.206 e. The number of benzene rings is 1. The fourth-order valence-corrected chi connectivity index (χ4v) is 7.41. The lowest BCUT2D eigenvalue weighted by Gasteiger charge is -2.40. The Morgan fingerprint density at radius 1 is 0.622 bits per heavy atom. The first kappa shape index (κ1) is 30.4. The maximum atomic E-state index is 14.5. The van der Waals surface area contributed by atoms with Gasteiger partial charge in [0, 0.05) is 0 Å². The predicted molar refractivity (Wildman–Crippen MR) is 143 cm³/mol. The van der Waals surface area contributed by atoms with Gasteiger partial charge in [0.15, 0.2) is 0 Å². The summed E-state index contributed by atoms with van der Waals surface area (Å²) in [6.45, 7) is 2.25. The lowest BCUT2D eigenvalue weighted by atomic mass is 9.65. The lowest BCUT2D eigenvalue weighted by Crippen LogP contribution is -2.30. The van der Waals surface area contributed by atoms with Gasteiger partial charge in [0.2, 0.25) is 0 Å². The maximum absolute atomic E-state index is 14.5. The molecule has 0 amide bonds. The fourth-order valence-electron chi connectivity index (χ4n) is 7.41. The van der Waals surface area contributed by atoms with Crippen LogP contribution in [0, 0.1) is 17.0 Å². The van der Waals surface area contributed by atoms with E-state index in [4.69, 9.17) is 0 Å². The van der Waals surface area contributed by atoms with E-state index in [-0.39, 0.29) is 0 Å². The molecule has 1 aromatic rings. The van der Waals surface area contributed by atoms with Crippen molar-refractivity contribution in [2.75, 3.05) is 0 Å². The Morgan fingerprint density at radius 3 is 1.62 bits per heavy atom. The molecule has 212 valence electrons. The van der Waals surface area contributed by atoms with Crippen molar-refractivity contribution in [3.8, 4) is 0 Å². The van der Waals surface area contributed by atoms with Gasteiger partial charge in [-0.2, -0.15) is 13.2 Å². The van der Waals surface area contributed by atoms with E-state index in [1.165, 1.54) is 89.9 Å². The van der Waals surface area contributed by atoms with Gasteiger partial charge in [0.25, 0.3) is 0 Å². The van der Waals surface area contributed by atoms with Gasteiger partial charge in [-0.15, -0.1) is 0 Å². The van der Waals surface area contributed by atoms with Crippen molar-refractivity contribution in [2.24, 2.45) is 5.41 Å². The Labute approximate surface area is 222 Å². The highest BCUT2D eigenvalue weighted by Gasteiger charge is 2.41. The SMILES string of the molecule is CCCCCCCCCC1(CCCCC2(c3cc(F)c(C(F)(F)F)c(F)c3)CCCCC2)CCCCC1. The van der Waals surface area contributed by atoms with Crippen LogP contribution in [0.5, 0.6) is 0 Å². The summed E-state index contributed by atoms with van der Waals surface area (Å²) < 4.78 is 68.4. The molecular weight excluding hydrogens is 479 g/mol. The second-order valence-electron chi connectivity index (χ2n) is 12.3. The third-order valence-corrected chi connectivity index (χ3v) is 9.59. The third kappa shape index (κ3) is 8.68. The largest absolute Gasteiger partial charge is 0.422 e. The minimum absolute atomic E-state index is 0.401. The summed E-state index contributed by atoms with van der Waals surface area (Å²) in [4.78, 5) is 0. The van der Waals surface area contributed by atoms with Gasteiger partial charge in [-0.1, -0.05) is 103 Å². The van der Waals surface area contributed by atoms with Crippen LogP contribution < -0.4 is 0 Å². The average Bonchev–Trinajstić information content (AvgIpc) is 2.86. The third-order valence-electron chi connectivity index (χ3n) is 9.59. The number of rotatable bonds is 14.